The van der Waals surface area contributed by atoms with E-state index in [1.165, 1.54) is 0 Å². The van der Waals surface area contributed by atoms with Crippen LogP contribution in [-0.4, -0.2) is 67.9 Å². The Hall–Kier alpha value is -1.24. The summed E-state index contributed by atoms with van der Waals surface area (Å²) in [6.45, 7) is 7.66. The Morgan fingerprint density at radius 3 is 2.76 bits per heavy atom. The van der Waals surface area contributed by atoms with Crippen molar-refractivity contribution in [3.8, 4) is 0 Å². The average molecular weight is 293 g/mol. The fraction of sp³-hybridized carbons (Fsp3) is 0.733. The third kappa shape index (κ3) is 4.62. The maximum absolute atomic E-state index is 5.00. The van der Waals surface area contributed by atoms with Crippen molar-refractivity contribution in [2.45, 2.75) is 25.9 Å². The zero-order valence-corrected chi connectivity index (χ0v) is 13.4. The van der Waals surface area contributed by atoms with E-state index in [-0.39, 0.29) is 0 Å². The Morgan fingerprint density at radius 1 is 1.33 bits per heavy atom. The van der Waals surface area contributed by atoms with Gasteiger partial charge in [0, 0.05) is 63.8 Å². The van der Waals surface area contributed by atoms with Crippen molar-refractivity contribution < 1.29 is 4.74 Å². The largest absolute Gasteiger partial charge is 0.383 e. The number of hydrogen-bond acceptors (Lipinski definition) is 6. The first-order valence-electron chi connectivity index (χ1n) is 7.70. The first kappa shape index (κ1) is 16.1. The minimum absolute atomic E-state index is 0.595. The molecule has 6 nitrogen and oxygen atoms in total. The number of likely N-dealkylation sites (N-methyl/N-ethyl adjacent to an activating group) is 1. The second kappa shape index (κ2) is 8.26. The molecular formula is C15H27N5O. The summed E-state index contributed by atoms with van der Waals surface area (Å²) in [5.74, 6) is 0.849. The highest BCUT2D eigenvalue weighted by Crippen LogP contribution is 2.15. The lowest BCUT2D eigenvalue weighted by Crippen LogP contribution is -2.51. The lowest BCUT2D eigenvalue weighted by Gasteiger charge is -2.39. The zero-order chi connectivity index (χ0) is 15.1. The number of methoxy groups -OCH3 is 1. The summed E-state index contributed by atoms with van der Waals surface area (Å²) >= 11 is 0. The van der Waals surface area contributed by atoms with E-state index in [0.717, 1.165) is 57.3 Å². The quantitative estimate of drug-likeness (QED) is 0.749. The highest BCUT2D eigenvalue weighted by molar-refractivity contribution is 5.31. The molecule has 1 fully saturated rings. The van der Waals surface area contributed by atoms with Crippen LogP contribution in [0, 0.1) is 0 Å². The number of piperazine rings is 1. The predicted octanol–water partition coefficient (Wildman–Crippen LogP) is 0.743. The molecule has 1 aromatic rings. The van der Waals surface area contributed by atoms with Crippen LogP contribution in [0.3, 0.4) is 0 Å². The Bertz CT molecular complexity index is 411. The fourth-order valence-electron chi connectivity index (χ4n) is 2.58. The van der Waals surface area contributed by atoms with E-state index in [1.807, 2.05) is 12.4 Å². The van der Waals surface area contributed by atoms with Crippen LogP contribution in [0.1, 0.15) is 18.9 Å². The van der Waals surface area contributed by atoms with E-state index in [1.54, 1.807) is 7.11 Å². The molecule has 0 spiro atoms. The van der Waals surface area contributed by atoms with Gasteiger partial charge in [-0.3, -0.25) is 4.90 Å². The fourth-order valence-corrected chi connectivity index (χ4v) is 2.58. The second-order valence-corrected chi connectivity index (χ2v) is 5.55. The Labute approximate surface area is 127 Å². The minimum Gasteiger partial charge on any atom is -0.383 e. The molecule has 1 aliphatic rings. The molecular weight excluding hydrogens is 266 g/mol. The number of nitrogens with zero attached hydrogens (tertiary/aromatic N) is 4. The molecule has 0 radical (unpaired) electrons. The van der Waals surface area contributed by atoms with Crippen LogP contribution in [0.2, 0.25) is 0 Å². The third-order valence-corrected chi connectivity index (χ3v) is 4.03. The molecule has 1 saturated heterocycles. The van der Waals surface area contributed by atoms with E-state index in [2.05, 4.69) is 39.1 Å². The molecule has 2 heterocycles. The lowest BCUT2D eigenvalue weighted by molar-refractivity contribution is 0.199. The molecule has 0 bridgehead atoms. The monoisotopic (exact) mass is 293 g/mol. The SMILES string of the molecule is CCC1CN(c2ncc(CNCCOC)cn2)CCN1C. The van der Waals surface area contributed by atoms with Gasteiger partial charge in [-0.25, -0.2) is 9.97 Å². The Balaban J connectivity index is 1.86. The van der Waals surface area contributed by atoms with E-state index >= 15 is 0 Å². The van der Waals surface area contributed by atoms with Crippen molar-refractivity contribution in [3.05, 3.63) is 18.0 Å². The van der Waals surface area contributed by atoms with Crippen molar-refractivity contribution in [2.24, 2.45) is 0 Å². The molecule has 1 aliphatic heterocycles. The van der Waals surface area contributed by atoms with Gasteiger partial charge in [0.25, 0.3) is 0 Å². The van der Waals surface area contributed by atoms with Crippen LogP contribution in [0.15, 0.2) is 12.4 Å². The second-order valence-electron chi connectivity index (χ2n) is 5.55. The molecule has 118 valence electrons. The summed E-state index contributed by atoms with van der Waals surface area (Å²) in [6.07, 6.45) is 5.00. The van der Waals surface area contributed by atoms with E-state index in [9.17, 15) is 0 Å². The number of rotatable bonds is 7. The minimum atomic E-state index is 0.595. The van der Waals surface area contributed by atoms with Gasteiger partial charge < -0.3 is 15.0 Å². The molecule has 6 heteroatoms. The maximum Gasteiger partial charge on any atom is 0.225 e. The zero-order valence-electron chi connectivity index (χ0n) is 13.4. The third-order valence-electron chi connectivity index (χ3n) is 4.03. The summed E-state index contributed by atoms with van der Waals surface area (Å²) in [4.78, 5) is 13.7. The number of nitrogens with one attached hydrogen (secondary N) is 1. The number of anilines is 1. The van der Waals surface area contributed by atoms with Gasteiger partial charge in [0.2, 0.25) is 5.95 Å². The smallest absolute Gasteiger partial charge is 0.225 e. The maximum atomic E-state index is 5.00. The van der Waals surface area contributed by atoms with Crippen LogP contribution >= 0.6 is 0 Å². The molecule has 0 saturated carbocycles. The van der Waals surface area contributed by atoms with Crippen LogP contribution < -0.4 is 10.2 Å². The molecule has 21 heavy (non-hydrogen) atoms. The lowest BCUT2D eigenvalue weighted by atomic mass is 10.1. The number of hydrogen-bond donors (Lipinski definition) is 1. The Morgan fingerprint density at radius 2 is 2.10 bits per heavy atom. The average Bonchev–Trinajstić information content (AvgIpc) is 2.53. The molecule has 1 atom stereocenters. The van der Waals surface area contributed by atoms with Gasteiger partial charge in [-0.15, -0.1) is 0 Å². The van der Waals surface area contributed by atoms with Crippen molar-refractivity contribution in [3.63, 3.8) is 0 Å². The topological polar surface area (TPSA) is 53.5 Å². The first-order chi connectivity index (χ1) is 10.2. The highest BCUT2D eigenvalue weighted by atomic mass is 16.5. The van der Waals surface area contributed by atoms with Crippen molar-refractivity contribution >= 4 is 5.95 Å². The van der Waals surface area contributed by atoms with Crippen molar-refractivity contribution in [2.75, 3.05) is 51.8 Å². The van der Waals surface area contributed by atoms with Gasteiger partial charge in [0.1, 0.15) is 0 Å². The van der Waals surface area contributed by atoms with Crippen LogP contribution in [0.4, 0.5) is 5.95 Å². The van der Waals surface area contributed by atoms with Crippen LogP contribution in [0.25, 0.3) is 0 Å². The highest BCUT2D eigenvalue weighted by Gasteiger charge is 2.24. The van der Waals surface area contributed by atoms with E-state index in [0.29, 0.717) is 6.04 Å². The first-order valence-corrected chi connectivity index (χ1v) is 7.70. The van der Waals surface area contributed by atoms with Gasteiger partial charge in [-0.05, 0) is 13.5 Å². The normalized spacial score (nSPS) is 20.0. The van der Waals surface area contributed by atoms with E-state index < -0.39 is 0 Å². The molecule has 1 unspecified atom stereocenters. The number of aromatic nitrogens is 2. The van der Waals surface area contributed by atoms with Crippen molar-refractivity contribution in [1.82, 2.24) is 20.2 Å². The van der Waals surface area contributed by atoms with Crippen LogP contribution in [-0.2, 0) is 11.3 Å². The molecule has 1 N–H and O–H groups in total. The van der Waals surface area contributed by atoms with Gasteiger partial charge in [0.15, 0.2) is 0 Å². The van der Waals surface area contributed by atoms with Gasteiger partial charge in [-0.1, -0.05) is 6.92 Å². The standard InChI is InChI=1S/C15H27N5O/c1-4-14-12-20(7-6-19(14)2)15-17-10-13(11-18-15)9-16-5-8-21-3/h10-11,14,16H,4-9,12H2,1-3H3. The van der Waals surface area contributed by atoms with Gasteiger partial charge in [0.05, 0.1) is 6.61 Å². The molecule has 0 aromatic carbocycles. The molecule has 0 aliphatic carbocycles. The number of ether oxygens (including phenoxy) is 1. The summed E-state index contributed by atoms with van der Waals surface area (Å²) < 4.78 is 5.00. The molecule has 0 amide bonds. The van der Waals surface area contributed by atoms with Crippen LogP contribution in [0.5, 0.6) is 0 Å². The summed E-state index contributed by atoms with van der Waals surface area (Å²) in [6, 6.07) is 0.595. The van der Waals surface area contributed by atoms with Crippen molar-refractivity contribution in [1.29, 1.82) is 0 Å². The van der Waals surface area contributed by atoms with Gasteiger partial charge in [-0.2, -0.15) is 0 Å². The van der Waals surface area contributed by atoms with Gasteiger partial charge >= 0.3 is 0 Å². The molecule has 2 rings (SSSR count). The Kier molecular flexibility index (Phi) is 6.35. The summed E-state index contributed by atoms with van der Waals surface area (Å²) in [5.41, 5.74) is 1.11. The summed E-state index contributed by atoms with van der Waals surface area (Å²) in [7, 11) is 3.90. The molecule has 1 aromatic heterocycles. The predicted molar refractivity (Wildman–Crippen MR) is 84.5 cm³/mol. The summed E-state index contributed by atoms with van der Waals surface area (Å²) in [5, 5.41) is 3.30. The van der Waals surface area contributed by atoms with E-state index in [4.69, 9.17) is 4.74 Å².